The standard InChI is InChI=1S/C8H13N3O2S/c1-10(2)3-4-11-6(7(12)13)5-9-8(11)14/h5H,3-4H2,1-2H3,(H,9,14)(H,12,13). The van der Waals surface area contributed by atoms with Crippen LogP contribution in [0.3, 0.4) is 0 Å². The van der Waals surface area contributed by atoms with E-state index in [4.69, 9.17) is 17.3 Å². The molecule has 0 fully saturated rings. The maximum Gasteiger partial charge on any atom is 0.354 e. The molecule has 1 rings (SSSR count). The van der Waals surface area contributed by atoms with Crippen molar-refractivity contribution in [3.63, 3.8) is 0 Å². The Hall–Kier alpha value is -1.14. The molecule has 0 aromatic carbocycles. The molecule has 0 aliphatic heterocycles. The first-order chi connectivity index (χ1) is 6.52. The van der Waals surface area contributed by atoms with Crippen molar-refractivity contribution in [3.8, 4) is 0 Å². The third-order valence-electron chi connectivity index (χ3n) is 1.86. The predicted molar refractivity (Wildman–Crippen MR) is 55.1 cm³/mol. The van der Waals surface area contributed by atoms with Crippen LogP contribution in [0.1, 0.15) is 10.5 Å². The Balaban J connectivity index is 2.89. The van der Waals surface area contributed by atoms with E-state index in [0.29, 0.717) is 11.3 Å². The Morgan fingerprint density at radius 2 is 2.36 bits per heavy atom. The summed E-state index contributed by atoms with van der Waals surface area (Å²) in [4.78, 5) is 15.5. The van der Waals surface area contributed by atoms with Crippen LogP contribution in [-0.4, -0.2) is 46.2 Å². The molecule has 0 aliphatic carbocycles. The van der Waals surface area contributed by atoms with E-state index in [9.17, 15) is 4.79 Å². The largest absolute Gasteiger partial charge is 0.477 e. The maximum atomic E-state index is 10.8. The Morgan fingerprint density at radius 1 is 1.71 bits per heavy atom. The van der Waals surface area contributed by atoms with Gasteiger partial charge in [-0.15, -0.1) is 0 Å². The molecule has 0 saturated heterocycles. The van der Waals surface area contributed by atoms with Crippen LogP contribution >= 0.6 is 12.2 Å². The van der Waals surface area contributed by atoms with E-state index in [1.54, 1.807) is 4.57 Å². The van der Waals surface area contributed by atoms with Gasteiger partial charge >= 0.3 is 5.97 Å². The minimum absolute atomic E-state index is 0.205. The molecule has 0 atom stereocenters. The first-order valence-electron chi connectivity index (χ1n) is 4.18. The summed E-state index contributed by atoms with van der Waals surface area (Å²) in [5, 5.41) is 8.84. The minimum Gasteiger partial charge on any atom is -0.477 e. The molecule has 14 heavy (non-hydrogen) atoms. The highest BCUT2D eigenvalue weighted by atomic mass is 32.1. The average Bonchev–Trinajstić information content (AvgIpc) is 2.43. The number of aromatic amines is 1. The zero-order valence-corrected chi connectivity index (χ0v) is 8.97. The normalized spacial score (nSPS) is 10.8. The van der Waals surface area contributed by atoms with Crippen molar-refractivity contribution in [1.29, 1.82) is 0 Å². The monoisotopic (exact) mass is 215 g/mol. The summed E-state index contributed by atoms with van der Waals surface area (Å²) in [6.07, 6.45) is 1.42. The number of likely N-dealkylation sites (N-methyl/N-ethyl adjacent to an activating group) is 1. The minimum atomic E-state index is -0.962. The third-order valence-corrected chi connectivity index (χ3v) is 2.20. The van der Waals surface area contributed by atoms with E-state index in [0.717, 1.165) is 6.54 Å². The van der Waals surface area contributed by atoms with Crippen LogP contribution in [0.15, 0.2) is 6.20 Å². The molecule has 0 aliphatic rings. The number of rotatable bonds is 4. The maximum absolute atomic E-state index is 10.8. The van der Waals surface area contributed by atoms with Gasteiger partial charge in [0, 0.05) is 19.3 Å². The summed E-state index contributed by atoms with van der Waals surface area (Å²) in [5.74, 6) is -0.962. The highest BCUT2D eigenvalue weighted by molar-refractivity contribution is 7.71. The fourth-order valence-electron chi connectivity index (χ4n) is 1.09. The molecule has 0 saturated carbocycles. The highest BCUT2D eigenvalue weighted by Crippen LogP contribution is 2.01. The van der Waals surface area contributed by atoms with Gasteiger partial charge in [0.25, 0.3) is 0 Å². The lowest BCUT2D eigenvalue weighted by Gasteiger charge is -2.10. The second kappa shape index (κ2) is 4.39. The number of carboxylic acid groups (broad SMARTS) is 1. The topological polar surface area (TPSA) is 61.3 Å². The van der Waals surface area contributed by atoms with E-state index < -0.39 is 5.97 Å². The summed E-state index contributed by atoms with van der Waals surface area (Å²) in [6, 6.07) is 0. The number of H-pyrrole nitrogens is 1. The molecule has 1 heterocycles. The number of aromatic carboxylic acids is 1. The van der Waals surface area contributed by atoms with E-state index in [-0.39, 0.29) is 5.69 Å². The lowest BCUT2D eigenvalue weighted by Crippen LogP contribution is -2.20. The Morgan fingerprint density at radius 3 is 2.86 bits per heavy atom. The fraction of sp³-hybridized carbons (Fsp3) is 0.500. The molecular formula is C8H13N3O2S. The van der Waals surface area contributed by atoms with Crippen molar-refractivity contribution in [1.82, 2.24) is 14.5 Å². The number of hydrogen-bond donors (Lipinski definition) is 2. The van der Waals surface area contributed by atoms with Crippen molar-refractivity contribution < 1.29 is 9.90 Å². The summed E-state index contributed by atoms with van der Waals surface area (Å²) >= 11 is 4.97. The van der Waals surface area contributed by atoms with Crippen LogP contribution in [0.4, 0.5) is 0 Å². The van der Waals surface area contributed by atoms with E-state index in [2.05, 4.69) is 4.98 Å². The number of hydrogen-bond acceptors (Lipinski definition) is 3. The molecule has 1 aromatic rings. The van der Waals surface area contributed by atoms with Crippen molar-refractivity contribution in [2.75, 3.05) is 20.6 Å². The van der Waals surface area contributed by atoms with Gasteiger partial charge in [-0.25, -0.2) is 4.79 Å². The Labute approximate surface area is 87.0 Å². The van der Waals surface area contributed by atoms with Crippen LogP contribution < -0.4 is 0 Å². The van der Waals surface area contributed by atoms with Crippen LogP contribution in [0.5, 0.6) is 0 Å². The van der Waals surface area contributed by atoms with Crippen molar-refractivity contribution in [3.05, 3.63) is 16.7 Å². The van der Waals surface area contributed by atoms with Gasteiger partial charge < -0.3 is 19.6 Å². The summed E-state index contributed by atoms with van der Waals surface area (Å²) < 4.78 is 2.03. The van der Waals surface area contributed by atoms with Gasteiger partial charge in [-0.1, -0.05) is 0 Å². The zero-order valence-electron chi connectivity index (χ0n) is 8.15. The van der Waals surface area contributed by atoms with Gasteiger partial charge in [0.2, 0.25) is 0 Å². The van der Waals surface area contributed by atoms with Crippen LogP contribution in [0, 0.1) is 4.77 Å². The average molecular weight is 215 g/mol. The molecule has 0 unspecified atom stereocenters. The first kappa shape index (κ1) is 10.9. The quantitative estimate of drug-likeness (QED) is 0.729. The van der Waals surface area contributed by atoms with E-state index in [1.165, 1.54) is 6.20 Å². The smallest absolute Gasteiger partial charge is 0.354 e. The Kier molecular flexibility index (Phi) is 3.43. The fourth-order valence-corrected chi connectivity index (χ4v) is 1.34. The van der Waals surface area contributed by atoms with E-state index >= 15 is 0 Å². The number of carboxylic acids is 1. The molecule has 1 aromatic heterocycles. The second-order valence-electron chi connectivity index (χ2n) is 3.24. The SMILES string of the molecule is CN(C)CCn1c(C(=O)O)c[nH]c1=S. The van der Waals surface area contributed by atoms with Crippen molar-refractivity contribution in [2.45, 2.75) is 6.54 Å². The Bertz CT molecular complexity index is 380. The van der Waals surface area contributed by atoms with Gasteiger partial charge in [-0.05, 0) is 26.3 Å². The lowest BCUT2D eigenvalue weighted by atomic mass is 10.4. The highest BCUT2D eigenvalue weighted by Gasteiger charge is 2.10. The van der Waals surface area contributed by atoms with E-state index in [1.807, 2.05) is 19.0 Å². The number of nitrogens with one attached hydrogen (secondary N) is 1. The summed E-state index contributed by atoms with van der Waals surface area (Å²) in [7, 11) is 3.85. The summed E-state index contributed by atoms with van der Waals surface area (Å²) in [5.41, 5.74) is 0.205. The van der Waals surface area contributed by atoms with Crippen LogP contribution in [0.25, 0.3) is 0 Å². The first-order valence-corrected chi connectivity index (χ1v) is 4.59. The molecule has 2 N–H and O–H groups in total. The van der Waals surface area contributed by atoms with Gasteiger partial charge in [-0.2, -0.15) is 0 Å². The number of aromatic nitrogens is 2. The second-order valence-corrected chi connectivity index (χ2v) is 3.63. The lowest BCUT2D eigenvalue weighted by molar-refractivity contribution is 0.0684. The van der Waals surface area contributed by atoms with Gasteiger partial charge in [0.1, 0.15) is 5.69 Å². The molecule has 6 heteroatoms. The molecule has 0 amide bonds. The summed E-state index contributed by atoms with van der Waals surface area (Å²) in [6.45, 7) is 1.34. The van der Waals surface area contributed by atoms with Crippen molar-refractivity contribution >= 4 is 18.2 Å². The van der Waals surface area contributed by atoms with Gasteiger partial charge in [0.05, 0.1) is 0 Å². The van der Waals surface area contributed by atoms with Gasteiger partial charge in [0.15, 0.2) is 4.77 Å². The number of imidazole rings is 1. The zero-order chi connectivity index (χ0) is 10.7. The third kappa shape index (κ3) is 2.43. The molecule has 0 bridgehead atoms. The van der Waals surface area contributed by atoms with Crippen molar-refractivity contribution in [2.24, 2.45) is 0 Å². The molecular weight excluding hydrogens is 202 g/mol. The molecule has 0 radical (unpaired) electrons. The van der Waals surface area contributed by atoms with Crippen LogP contribution in [-0.2, 0) is 6.54 Å². The predicted octanol–water partition coefficient (Wildman–Crippen LogP) is 0.805. The molecule has 5 nitrogen and oxygen atoms in total. The number of nitrogens with zero attached hydrogens (tertiary/aromatic N) is 2. The van der Waals surface area contributed by atoms with Crippen LogP contribution in [0.2, 0.25) is 0 Å². The molecule has 0 spiro atoms. The molecule has 78 valence electrons. The number of carbonyl (C=O) groups is 1. The van der Waals surface area contributed by atoms with Gasteiger partial charge in [-0.3, -0.25) is 0 Å².